The maximum atomic E-state index is 5.93. The molecule has 0 aromatic rings. The summed E-state index contributed by atoms with van der Waals surface area (Å²) >= 11 is 0. The van der Waals surface area contributed by atoms with Gasteiger partial charge >= 0.3 is 0 Å². The van der Waals surface area contributed by atoms with Gasteiger partial charge in [-0.05, 0) is 56.3 Å². The summed E-state index contributed by atoms with van der Waals surface area (Å²) in [5, 5.41) is 0. The zero-order chi connectivity index (χ0) is 10.1. The summed E-state index contributed by atoms with van der Waals surface area (Å²) in [5.74, 6) is 3.61. The lowest BCUT2D eigenvalue weighted by Gasteiger charge is -2.45. The molecule has 2 aliphatic rings. The Morgan fingerprint density at radius 3 is 2.57 bits per heavy atom. The second-order valence-electron chi connectivity index (χ2n) is 5.57. The minimum atomic E-state index is 0.569. The summed E-state index contributed by atoms with van der Waals surface area (Å²) in [7, 11) is 0. The van der Waals surface area contributed by atoms with Gasteiger partial charge in [-0.1, -0.05) is 13.8 Å². The molecule has 2 rings (SSSR count). The molecule has 2 saturated carbocycles. The molecule has 82 valence electrons. The highest BCUT2D eigenvalue weighted by molar-refractivity contribution is 4.90. The van der Waals surface area contributed by atoms with Gasteiger partial charge in [0.15, 0.2) is 0 Å². The van der Waals surface area contributed by atoms with Crippen molar-refractivity contribution in [3.8, 4) is 0 Å². The summed E-state index contributed by atoms with van der Waals surface area (Å²) in [4.78, 5) is 0. The molecule has 5 unspecified atom stereocenters. The molecule has 2 fully saturated rings. The highest BCUT2D eigenvalue weighted by Gasteiger charge is 2.40. The van der Waals surface area contributed by atoms with Crippen LogP contribution in [0.1, 0.15) is 46.5 Å². The summed E-state index contributed by atoms with van der Waals surface area (Å²) in [5.41, 5.74) is 0. The maximum absolute atomic E-state index is 5.93. The fourth-order valence-corrected chi connectivity index (χ4v) is 3.88. The predicted octanol–water partition coefficient (Wildman–Crippen LogP) is 3.48. The molecule has 0 N–H and O–H groups in total. The van der Waals surface area contributed by atoms with Crippen LogP contribution in [-0.2, 0) is 4.74 Å². The second kappa shape index (κ2) is 4.22. The molecule has 0 amide bonds. The molecule has 14 heavy (non-hydrogen) atoms. The smallest absolute Gasteiger partial charge is 0.0628 e. The zero-order valence-corrected chi connectivity index (χ0v) is 9.83. The van der Waals surface area contributed by atoms with Crippen LogP contribution in [0.2, 0.25) is 0 Å². The Morgan fingerprint density at radius 2 is 1.86 bits per heavy atom. The molecule has 1 heteroatoms. The van der Waals surface area contributed by atoms with Gasteiger partial charge in [0.25, 0.3) is 0 Å². The monoisotopic (exact) mass is 196 g/mol. The van der Waals surface area contributed by atoms with E-state index in [1.165, 1.54) is 25.7 Å². The molecule has 0 saturated heterocycles. The molecule has 2 bridgehead atoms. The first-order chi connectivity index (χ1) is 6.70. The lowest BCUT2D eigenvalue weighted by molar-refractivity contribution is -0.0752. The van der Waals surface area contributed by atoms with Gasteiger partial charge in [0.05, 0.1) is 6.10 Å². The Hall–Kier alpha value is -0.0400. The second-order valence-corrected chi connectivity index (χ2v) is 5.57. The van der Waals surface area contributed by atoms with Crippen molar-refractivity contribution < 1.29 is 4.74 Å². The normalized spacial score (nSPS) is 47.8. The van der Waals surface area contributed by atoms with Crippen LogP contribution < -0.4 is 0 Å². The third kappa shape index (κ3) is 1.98. The molecule has 0 aliphatic heterocycles. The number of ether oxygens (including phenoxy) is 1. The predicted molar refractivity (Wildman–Crippen MR) is 59.2 cm³/mol. The van der Waals surface area contributed by atoms with Crippen LogP contribution in [0, 0.1) is 23.7 Å². The number of fused-ring (bicyclic) bond motifs is 2. The van der Waals surface area contributed by atoms with E-state index in [-0.39, 0.29) is 0 Å². The van der Waals surface area contributed by atoms with Gasteiger partial charge < -0.3 is 4.74 Å². The third-order valence-corrected chi connectivity index (χ3v) is 4.17. The van der Waals surface area contributed by atoms with Gasteiger partial charge in [-0.3, -0.25) is 0 Å². The first-order valence-electron chi connectivity index (χ1n) is 6.32. The van der Waals surface area contributed by atoms with Crippen LogP contribution >= 0.6 is 0 Å². The fraction of sp³-hybridized carbons (Fsp3) is 1.00. The van der Waals surface area contributed by atoms with Crippen LogP contribution in [0.4, 0.5) is 0 Å². The first kappa shape index (κ1) is 10.5. The lowest BCUT2D eigenvalue weighted by Crippen LogP contribution is -2.42. The van der Waals surface area contributed by atoms with E-state index >= 15 is 0 Å². The molecule has 0 aromatic carbocycles. The van der Waals surface area contributed by atoms with E-state index < -0.39 is 0 Å². The van der Waals surface area contributed by atoms with Crippen LogP contribution in [0.25, 0.3) is 0 Å². The molecule has 2 aliphatic carbocycles. The van der Waals surface area contributed by atoms with Crippen molar-refractivity contribution in [2.45, 2.75) is 52.6 Å². The molecular formula is C13H24O. The van der Waals surface area contributed by atoms with Crippen LogP contribution in [-0.4, -0.2) is 12.7 Å². The van der Waals surface area contributed by atoms with E-state index in [0.29, 0.717) is 6.10 Å². The molecular weight excluding hydrogens is 172 g/mol. The van der Waals surface area contributed by atoms with E-state index in [4.69, 9.17) is 4.74 Å². The van der Waals surface area contributed by atoms with Crippen LogP contribution in [0.3, 0.4) is 0 Å². The van der Waals surface area contributed by atoms with Crippen molar-refractivity contribution in [2.75, 3.05) is 6.61 Å². The van der Waals surface area contributed by atoms with Crippen molar-refractivity contribution >= 4 is 0 Å². The maximum Gasteiger partial charge on any atom is 0.0628 e. The largest absolute Gasteiger partial charge is 0.378 e. The third-order valence-electron chi connectivity index (χ3n) is 4.17. The minimum Gasteiger partial charge on any atom is -0.378 e. The van der Waals surface area contributed by atoms with Crippen molar-refractivity contribution in [3.05, 3.63) is 0 Å². The Kier molecular flexibility index (Phi) is 3.16. The summed E-state index contributed by atoms with van der Waals surface area (Å²) < 4.78 is 5.93. The molecule has 0 spiro atoms. The van der Waals surface area contributed by atoms with E-state index in [0.717, 1.165) is 30.3 Å². The molecule has 0 heterocycles. The van der Waals surface area contributed by atoms with Gasteiger partial charge in [0.1, 0.15) is 0 Å². The molecule has 0 aromatic heterocycles. The van der Waals surface area contributed by atoms with Gasteiger partial charge in [-0.2, -0.15) is 0 Å². The van der Waals surface area contributed by atoms with Crippen molar-refractivity contribution in [3.63, 3.8) is 0 Å². The minimum absolute atomic E-state index is 0.569. The number of hydrogen-bond acceptors (Lipinski definition) is 1. The van der Waals surface area contributed by atoms with E-state index in [1.54, 1.807) is 0 Å². The number of rotatable bonds is 2. The van der Waals surface area contributed by atoms with Crippen LogP contribution in [0.15, 0.2) is 0 Å². The van der Waals surface area contributed by atoms with Gasteiger partial charge in [0.2, 0.25) is 0 Å². The van der Waals surface area contributed by atoms with Crippen molar-refractivity contribution in [1.82, 2.24) is 0 Å². The van der Waals surface area contributed by atoms with Gasteiger partial charge in [-0.15, -0.1) is 0 Å². The Balaban J connectivity index is 2.02. The number of hydrogen-bond donors (Lipinski definition) is 0. The van der Waals surface area contributed by atoms with E-state index in [2.05, 4.69) is 20.8 Å². The first-order valence-corrected chi connectivity index (χ1v) is 6.32. The highest BCUT2D eigenvalue weighted by Crippen LogP contribution is 2.45. The lowest BCUT2D eigenvalue weighted by atomic mass is 9.64. The van der Waals surface area contributed by atoms with Gasteiger partial charge in [-0.25, -0.2) is 0 Å². The standard InChI is InChI=1S/C13H24O/c1-4-14-13-10(3)7-11-5-9(2)6-12(13)8-11/h9-13H,4-8H2,1-3H3. The summed E-state index contributed by atoms with van der Waals surface area (Å²) in [6, 6.07) is 0. The highest BCUT2D eigenvalue weighted by atomic mass is 16.5. The fourth-order valence-electron chi connectivity index (χ4n) is 3.88. The SMILES string of the molecule is CCOC1C(C)CC2CC(C)CC1C2. The van der Waals surface area contributed by atoms with Gasteiger partial charge in [0, 0.05) is 6.61 Å². The van der Waals surface area contributed by atoms with Crippen molar-refractivity contribution in [1.29, 1.82) is 0 Å². The molecule has 1 nitrogen and oxygen atoms in total. The molecule has 0 radical (unpaired) electrons. The average Bonchev–Trinajstić information content (AvgIpc) is 2.11. The van der Waals surface area contributed by atoms with Crippen molar-refractivity contribution in [2.24, 2.45) is 23.7 Å². The van der Waals surface area contributed by atoms with Crippen LogP contribution in [0.5, 0.6) is 0 Å². The average molecular weight is 196 g/mol. The Labute approximate surface area is 88.2 Å². The van der Waals surface area contributed by atoms with E-state index in [9.17, 15) is 0 Å². The Bertz CT molecular complexity index is 186. The summed E-state index contributed by atoms with van der Waals surface area (Å²) in [6.07, 6.45) is 6.30. The molecule has 5 atom stereocenters. The zero-order valence-electron chi connectivity index (χ0n) is 9.83. The summed E-state index contributed by atoms with van der Waals surface area (Å²) in [6.45, 7) is 7.82. The topological polar surface area (TPSA) is 9.23 Å². The quantitative estimate of drug-likeness (QED) is 0.657. The Morgan fingerprint density at radius 1 is 1.07 bits per heavy atom. The van der Waals surface area contributed by atoms with E-state index in [1.807, 2.05) is 0 Å².